The largest absolute Gasteiger partial charge is 0.469 e. The van der Waals surface area contributed by atoms with Crippen LogP contribution in [-0.4, -0.2) is 35.9 Å². The lowest BCUT2D eigenvalue weighted by atomic mass is 9.89. The van der Waals surface area contributed by atoms with E-state index < -0.39 is 0 Å². The van der Waals surface area contributed by atoms with Crippen molar-refractivity contribution >= 4 is 28.6 Å². The zero-order valence-electron chi connectivity index (χ0n) is 8.36. The van der Waals surface area contributed by atoms with Gasteiger partial charge < -0.3 is 10.1 Å². The maximum absolute atomic E-state index is 11.3. The number of methoxy groups -OCH3 is 1. The Hall–Kier alpha value is -0.630. The first-order valence-electron chi connectivity index (χ1n) is 4.64. The van der Waals surface area contributed by atoms with Crippen LogP contribution in [0.3, 0.4) is 0 Å². The zero-order chi connectivity index (χ0) is 10.9. The first kappa shape index (κ1) is 10.9. The number of hydrogen-bond acceptors (Lipinski definition) is 4. The highest BCUT2D eigenvalue weighted by molar-refractivity contribution is 14.1. The molecule has 0 atom stereocenters. The van der Waals surface area contributed by atoms with Crippen molar-refractivity contribution in [2.45, 2.75) is 12.0 Å². The third kappa shape index (κ3) is 2.00. The summed E-state index contributed by atoms with van der Waals surface area (Å²) in [5.41, 5.74) is -0.226. The van der Waals surface area contributed by atoms with Gasteiger partial charge in [-0.2, -0.15) is 5.10 Å². The number of ether oxygens (including phenoxy) is 1. The summed E-state index contributed by atoms with van der Waals surface area (Å²) in [5, 5.41) is 7.43. The third-order valence-corrected chi connectivity index (χ3v) is 3.20. The number of carbonyl (C=O) groups is 1. The van der Waals surface area contributed by atoms with Crippen molar-refractivity contribution in [3.63, 3.8) is 0 Å². The predicted molar refractivity (Wildman–Crippen MR) is 62.4 cm³/mol. The molecule has 0 bridgehead atoms. The molecule has 1 saturated heterocycles. The molecule has 2 rings (SSSR count). The van der Waals surface area contributed by atoms with Crippen molar-refractivity contribution in [2.24, 2.45) is 0 Å². The van der Waals surface area contributed by atoms with E-state index in [4.69, 9.17) is 4.74 Å². The Bertz CT molecular complexity index is 373. The molecule has 0 unspecified atom stereocenters. The molecule has 6 heteroatoms. The molecule has 0 aliphatic carbocycles. The molecule has 0 amide bonds. The van der Waals surface area contributed by atoms with E-state index in [1.165, 1.54) is 7.11 Å². The lowest BCUT2D eigenvalue weighted by Crippen LogP contribution is -2.61. The summed E-state index contributed by atoms with van der Waals surface area (Å²) < 4.78 is 7.64. The maximum atomic E-state index is 11.3. The summed E-state index contributed by atoms with van der Waals surface area (Å²) in [6.07, 6.45) is 4.11. The molecule has 15 heavy (non-hydrogen) atoms. The highest BCUT2D eigenvalue weighted by atomic mass is 127. The molecule has 1 aromatic rings. The number of nitrogens with zero attached hydrogens (tertiary/aromatic N) is 2. The lowest BCUT2D eigenvalue weighted by molar-refractivity contribution is -0.144. The molecular formula is C9H12IN3O2. The van der Waals surface area contributed by atoms with Crippen LogP contribution in [-0.2, 0) is 15.1 Å². The van der Waals surface area contributed by atoms with Gasteiger partial charge in [-0.3, -0.25) is 9.48 Å². The average Bonchev–Trinajstić information content (AvgIpc) is 2.58. The number of nitrogens with one attached hydrogen (secondary N) is 1. The normalized spacial score (nSPS) is 18.3. The van der Waals surface area contributed by atoms with E-state index in [0.29, 0.717) is 6.42 Å². The summed E-state index contributed by atoms with van der Waals surface area (Å²) in [5.74, 6) is -0.193. The predicted octanol–water partition coefficient (Wildman–Crippen LogP) is 0.349. The van der Waals surface area contributed by atoms with Gasteiger partial charge >= 0.3 is 5.97 Å². The topological polar surface area (TPSA) is 56.2 Å². The minimum Gasteiger partial charge on any atom is -0.469 e. The van der Waals surface area contributed by atoms with Crippen LogP contribution in [0.25, 0.3) is 0 Å². The van der Waals surface area contributed by atoms with E-state index in [1.54, 1.807) is 6.20 Å². The molecule has 0 saturated carbocycles. The van der Waals surface area contributed by atoms with Gasteiger partial charge in [-0.25, -0.2) is 0 Å². The summed E-state index contributed by atoms with van der Waals surface area (Å²) in [6, 6.07) is 0. The van der Waals surface area contributed by atoms with Crippen LogP contribution in [0.15, 0.2) is 12.4 Å². The van der Waals surface area contributed by atoms with Crippen LogP contribution in [0.2, 0.25) is 0 Å². The molecule has 0 spiro atoms. The molecule has 0 radical (unpaired) electrons. The molecule has 82 valence electrons. The van der Waals surface area contributed by atoms with Gasteiger partial charge in [0.15, 0.2) is 0 Å². The fourth-order valence-corrected chi connectivity index (χ4v) is 2.07. The van der Waals surface area contributed by atoms with Gasteiger partial charge in [-0.1, -0.05) is 0 Å². The van der Waals surface area contributed by atoms with Gasteiger partial charge in [-0.15, -0.1) is 0 Å². The highest BCUT2D eigenvalue weighted by Crippen LogP contribution is 2.26. The van der Waals surface area contributed by atoms with Crippen molar-refractivity contribution in [3.05, 3.63) is 16.0 Å². The van der Waals surface area contributed by atoms with Crippen molar-refractivity contribution in [2.75, 3.05) is 20.2 Å². The second-order valence-corrected chi connectivity index (χ2v) is 4.93. The van der Waals surface area contributed by atoms with Crippen LogP contribution in [0.5, 0.6) is 0 Å². The van der Waals surface area contributed by atoms with Crippen molar-refractivity contribution in [1.29, 1.82) is 0 Å². The van der Waals surface area contributed by atoms with E-state index in [2.05, 4.69) is 33.0 Å². The van der Waals surface area contributed by atoms with E-state index in [0.717, 1.165) is 16.7 Å². The number of rotatable bonds is 3. The van der Waals surface area contributed by atoms with Crippen LogP contribution < -0.4 is 5.32 Å². The van der Waals surface area contributed by atoms with Gasteiger partial charge in [0.1, 0.15) is 0 Å². The minimum atomic E-state index is -0.226. The third-order valence-electron chi connectivity index (χ3n) is 2.65. The number of carbonyl (C=O) groups excluding carboxylic acids is 1. The van der Waals surface area contributed by atoms with Gasteiger partial charge in [-0.05, 0) is 22.6 Å². The smallest absolute Gasteiger partial charge is 0.308 e. The fraction of sp³-hybridized carbons (Fsp3) is 0.556. The Kier molecular flexibility index (Phi) is 2.96. The first-order valence-corrected chi connectivity index (χ1v) is 5.72. The molecule has 1 fully saturated rings. The number of esters is 1. The quantitative estimate of drug-likeness (QED) is 0.645. The molecule has 1 aliphatic rings. The zero-order valence-corrected chi connectivity index (χ0v) is 10.5. The van der Waals surface area contributed by atoms with Crippen LogP contribution >= 0.6 is 22.6 Å². The summed E-state index contributed by atoms with van der Waals surface area (Å²) in [7, 11) is 1.41. The van der Waals surface area contributed by atoms with E-state index in [1.807, 2.05) is 10.9 Å². The standard InChI is InChI=1S/C9H12IN3O2/c1-15-8(14)2-9(5-11-6-9)13-4-7(10)3-12-13/h3-4,11H,2,5-6H2,1H3. The Balaban J connectivity index is 2.18. The summed E-state index contributed by atoms with van der Waals surface area (Å²) in [4.78, 5) is 11.3. The van der Waals surface area contributed by atoms with E-state index in [9.17, 15) is 4.79 Å². The SMILES string of the molecule is COC(=O)CC1(n2cc(I)cn2)CNC1. The number of halogens is 1. The summed E-state index contributed by atoms with van der Waals surface area (Å²) >= 11 is 2.20. The average molecular weight is 321 g/mol. The Morgan fingerprint density at radius 1 is 1.80 bits per heavy atom. The molecule has 0 aromatic carbocycles. The van der Waals surface area contributed by atoms with Crippen molar-refractivity contribution < 1.29 is 9.53 Å². The lowest BCUT2D eigenvalue weighted by Gasteiger charge is -2.41. The molecule has 1 aliphatic heterocycles. The second-order valence-electron chi connectivity index (χ2n) is 3.68. The van der Waals surface area contributed by atoms with Crippen molar-refractivity contribution in [3.8, 4) is 0 Å². The van der Waals surface area contributed by atoms with Crippen molar-refractivity contribution in [1.82, 2.24) is 15.1 Å². The first-order chi connectivity index (χ1) is 7.16. The molecular weight excluding hydrogens is 309 g/mol. The van der Waals surface area contributed by atoms with Gasteiger partial charge in [0.2, 0.25) is 0 Å². The maximum Gasteiger partial charge on any atom is 0.308 e. The van der Waals surface area contributed by atoms with Gasteiger partial charge in [0.25, 0.3) is 0 Å². The fourth-order valence-electron chi connectivity index (χ4n) is 1.68. The number of aromatic nitrogens is 2. The van der Waals surface area contributed by atoms with Crippen LogP contribution in [0, 0.1) is 3.57 Å². The van der Waals surface area contributed by atoms with Crippen LogP contribution in [0.1, 0.15) is 6.42 Å². The molecule has 1 aromatic heterocycles. The van der Waals surface area contributed by atoms with Crippen LogP contribution in [0.4, 0.5) is 0 Å². The van der Waals surface area contributed by atoms with Gasteiger partial charge in [0.05, 0.1) is 28.8 Å². The minimum absolute atomic E-state index is 0.193. The monoisotopic (exact) mass is 321 g/mol. The molecule has 5 nitrogen and oxygen atoms in total. The second kappa shape index (κ2) is 4.09. The molecule has 2 heterocycles. The number of hydrogen-bond donors (Lipinski definition) is 1. The highest BCUT2D eigenvalue weighted by Gasteiger charge is 2.42. The van der Waals surface area contributed by atoms with E-state index in [-0.39, 0.29) is 11.5 Å². The summed E-state index contributed by atoms with van der Waals surface area (Å²) in [6.45, 7) is 1.53. The Labute approximate surface area is 101 Å². The Morgan fingerprint density at radius 2 is 2.53 bits per heavy atom. The molecule has 1 N–H and O–H groups in total. The van der Waals surface area contributed by atoms with Gasteiger partial charge in [0, 0.05) is 19.3 Å². The Morgan fingerprint density at radius 3 is 2.93 bits per heavy atom. The van der Waals surface area contributed by atoms with E-state index >= 15 is 0 Å².